The number of hydrogen-bond acceptors (Lipinski definition) is 7. The first-order chi connectivity index (χ1) is 13.8. The van der Waals surface area contributed by atoms with Crippen LogP contribution in [0.1, 0.15) is 5.56 Å². The number of ether oxygens (including phenoxy) is 1. The fourth-order valence-corrected chi connectivity index (χ4v) is 2.95. The van der Waals surface area contributed by atoms with Crippen molar-refractivity contribution in [2.45, 2.75) is 0 Å². The molecular weight excluding hydrogens is 443 g/mol. The molecule has 3 rings (SSSR count). The average molecular weight is 456 g/mol. The Morgan fingerprint density at radius 1 is 1.14 bits per heavy atom. The third kappa shape index (κ3) is 4.24. The fourth-order valence-electron chi connectivity index (χ4n) is 2.30. The molecule has 0 aliphatic heterocycles. The Labute approximate surface area is 179 Å². The van der Waals surface area contributed by atoms with Gasteiger partial charge in [0, 0.05) is 5.56 Å². The van der Waals surface area contributed by atoms with Gasteiger partial charge in [-0.15, -0.1) is 0 Å². The van der Waals surface area contributed by atoms with Gasteiger partial charge in [0.1, 0.15) is 27.2 Å². The number of methoxy groups -OCH3 is 1. The SMILES string of the molecule is COc1ccc(-n2ncc(N/N=C\c3cc(Cl)c(O)c(Cl)c3O)c(Cl)c2=O)cc1. The van der Waals surface area contributed by atoms with Gasteiger partial charge >= 0.3 is 0 Å². The van der Waals surface area contributed by atoms with E-state index in [0.717, 1.165) is 4.68 Å². The van der Waals surface area contributed by atoms with Crippen molar-refractivity contribution >= 4 is 46.7 Å². The highest BCUT2D eigenvalue weighted by Crippen LogP contribution is 2.40. The van der Waals surface area contributed by atoms with Crippen molar-refractivity contribution in [3.05, 3.63) is 67.5 Å². The van der Waals surface area contributed by atoms with Crippen LogP contribution >= 0.6 is 34.8 Å². The molecule has 8 nitrogen and oxygen atoms in total. The van der Waals surface area contributed by atoms with Gasteiger partial charge in [0.25, 0.3) is 5.56 Å². The molecule has 3 aromatic rings. The van der Waals surface area contributed by atoms with Gasteiger partial charge in [0.15, 0.2) is 5.75 Å². The standard InChI is InChI=1S/C18H13Cl3N4O4/c1-29-11-4-2-10(3-5-11)25-18(28)14(20)13(8-23-25)24-22-7-9-6-12(19)17(27)15(21)16(9)26/h2-8,24,26-27H,1H3/b22-7-. The second-order valence-corrected chi connectivity index (χ2v) is 6.78. The summed E-state index contributed by atoms with van der Waals surface area (Å²) in [5, 5.41) is 27.0. The number of benzene rings is 2. The van der Waals surface area contributed by atoms with E-state index in [-0.39, 0.29) is 26.3 Å². The molecule has 2 aromatic carbocycles. The number of phenolic OH excluding ortho intramolecular Hbond substituents is 2. The molecule has 0 saturated carbocycles. The van der Waals surface area contributed by atoms with Crippen LogP contribution < -0.4 is 15.7 Å². The normalized spacial score (nSPS) is 11.0. The molecule has 0 unspecified atom stereocenters. The molecule has 0 spiro atoms. The van der Waals surface area contributed by atoms with Crippen molar-refractivity contribution in [1.82, 2.24) is 9.78 Å². The summed E-state index contributed by atoms with van der Waals surface area (Å²) in [4.78, 5) is 12.5. The maximum absolute atomic E-state index is 12.5. The molecule has 0 radical (unpaired) electrons. The first-order valence-corrected chi connectivity index (χ1v) is 9.08. The molecule has 0 saturated heterocycles. The second kappa shape index (κ2) is 8.60. The highest BCUT2D eigenvalue weighted by Gasteiger charge is 2.14. The summed E-state index contributed by atoms with van der Waals surface area (Å²) in [5.74, 6) is -0.207. The zero-order valence-corrected chi connectivity index (χ0v) is 17.0. The summed E-state index contributed by atoms with van der Waals surface area (Å²) in [7, 11) is 1.54. The first kappa shape index (κ1) is 20.8. The lowest BCUT2D eigenvalue weighted by atomic mass is 10.2. The van der Waals surface area contributed by atoms with Gasteiger partial charge in [0.05, 0.1) is 30.2 Å². The molecule has 29 heavy (non-hydrogen) atoms. The summed E-state index contributed by atoms with van der Waals surface area (Å²) in [6.07, 6.45) is 2.51. The van der Waals surface area contributed by atoms with E-state index in [1.54, 1.807) is 24.3 Å². The highest BCUT2D eigenvalue weighted by atomic mass is 35.5. The second-order valence-electron chi connectivity index (χ2n) is 5.62. The topological polar surface area (TPSA) is 109 Å². The van der Waals surface area contributed by atoms with Crippen LogP contribution in [0.2, 0.25) is 15.1 Å². The van der Waals surface area contributed by atoms with E-state index < -0.39 is 17.1 Å². The van der Waals surface area contributed by atoms with Crippen LogP contribution in [0.5, 0.6) is 17.2 Å². The van der Waals surface area contributed by atoms with Crippen LogP contribution in [0.25, 0.3) is 5.69 Å². The molecule has 11 heteroatoms. The number of phenols is 2. The predicted octanol–water partition coefficient (Wildman–Crippen LogP) is 4.06. The summed E-state index contributed by atoms with van der Waals surface area (Å²) in [6.45, 7) is 0. The van der Waals surface area contributed by atoms with Gasteiger partial charge in [-0.2, -0.15) is 14.9 Å². The van der Waals surface area contributed by atoms with Crippen LogP contribution in [-0.2, 0) is 0 Å². The molecule has 0 bridgehead atoms. The van der Waals surface area contributed by atoms with Gasteiger partial charge in [-0.05, 0) is 30.3 Å². The number of hydrazone groups is 1. The lowest BCUT2D eigenvalue weighted by Gasteiger charge is -2.09. The maximum atomic E-state index is 12.5. The van der Waals surface area contributed by atoms with Crippen molar-refractivity contribution in [2.75, 3.05) is 12.5 Å². The Kier molecular flexibility index (Phi) is 6.17. The molecule has 3 N–H and O–H groups in total. The van der Waals surface area contributed by atoms with E-state index in [0.29, 0.717) is 11.4 Å². The Morgan fingerprint density at radius 3 is 2.48 bits per heavy atom. The highest BCUT2D eigenvalue weighted by molar-refractivity contribution is 6.38. The molecular formula is C18H13Cl3N4O4. The number of aromatic nitrogens is 2. The number of nitrogens with zero attached hydrogens (tertiary/aromatic N) is 3. The Morgan fingerprint density at radius 2 is 1.83 bits per heavy atom. The van der Waals surface area contributed by atoms with E-state index in [9.17, 15) is 15.0 Å². The minimum Gasteiger partial charge on any atom is -0.506 e. The molecule has 150 valence electrons. The molecule has 0 fully saturated rings. The monoisotopic (exact) mass is 454 g/mol. The van der Waals surface area contributed by atoms with E-state index >= 15 is 0 Å². The van der Waals surface area contributed by atoms with Gasteiger partial charge in [-0.25, -0.2) is 0 Å². The lowest BCUT2D eigenvalue weighted by molar-refractivity contribution is 0.414. The quantitative estimate of drug-likeness (QED) is 0.395. The fraction of sp³-hybridized carbons (Fsp3) is 0.0556. The van der Waals surface area contributed by atoms with E-state index in [1.807, 2.05) is 0 Å². The third-order valence-corrected chi connectivity index (χ3v) is 4.83. The van der Waals surface area contributed by atoms with E-state index in [1.165, 1.54) is 25.6 Å². The molecule has 0 aliphatic carbocycles. The number of aromatic hydroxyl groups is 2. The van der Waals surface area contributed by atoms with Crippen molar-refractivity contribution in [3.63, 3.8) is 0 Å². The van der Waals surface area contributed by atoms with Gasteiger partial charge in [-0.3, -0.25) is 10.2 Å². The molecule has 0 amide bonds. The molecule has 0 aliphatic rings. The zero-order valence-electron chi connectivity index (χ0n) is 14.7. The van der Waals surface area contributed by atoms with E-state index in [4.69, 9.17) is 39.5 Å². The average Bonchev–Trinajstić information content (AvgIpc) is 2.73. The number of halogens is 3. The minimum absolute atomic E-state index is 0.0592. The molecule has 1 heterocycles. The number of rotatable bonds is 5. The van der Waals surface area contributed by atoms with Crippen molar-refractivity contribution in [1.29, 1.82) is 0 Å². The Balaban J connectivity index is 1.85. The molecule has 1 aromatic heterocycles. The van der Waals surface area contributed by atoms with Crippen molar-refractivity contribution < 1.29 is 14.9 Å². The van der Waals surface area contributed by atoms with Crippen molar-refractivity contribution in [2.24, 2.45) is 5.10 Å². The van der Waals surface area contributed by atoms with Gasteiger partial charge in [-0.1, -0.05) is 34.8 Å². The number of hydrogen-bond donors (Lipinski definition) is 3. The smallest absolute Gasteiger partial charge is 0.292 e. The lowest BCUT2D eigenvalue weighted by Crippen LogP contribution is -2.22. The van der Waals surface area contributed by atoms with Crippen LogP contribution in [0.3, 0.4) is 0 Å². The van der Waals surface area contributed by atoms with Gasteiger partial charge in [0.2, 0.25) is 0 Å². The summed E-state index contributed by atoms with van der Waals surface area (Å²) < 4.78 is 6.21. The summed E-state index contributed by atoms with van der Waals surface area (Å²) in [6, 6.07) is 7.97. The predicted molar refractivity (Wildman–Crippen MR) is 112 cm³/mol. The van der Waals surface area contributed by atoms with E-state index in [2.05, 4.69) is 15.6 Å². The minimum atomic E-state index is -0.560. The zero-order chi connectivity index (χ0) is 21.1. The molecule has 0 atom stereocenters. The van der Waals surface area contributed by atoms with Crippen LogP contribution in [0.4, 0.5) is 5.69 Å². The Hall–Kier alpha value is -2.94. The first-order valence-electron chi connectivity index (χ1n) is 7.94. The third-order valence-electron chi connectivity index (χ3n) is 3.82. The number of anilines is 1. The largest absolute Gasteiger partial charge is 0.506 e. The summed E-state index contributed by atoms with van der Waals surface area (Å²) in [5.41, 5.74) is 2.79. The number of nitrogens with one attached hydrogen (secondary N) is 1. The summed E-state index contributed by atoms with van der Waals surface area (Å²) >= 11 is 17.7. The van der Waals surface area contributed by atoms with Crippen LogP contribution in [0, 0.1) is 0 Å². The van der Waals surface area contributed by atoms with Gasteiger partial charge < -0.3 is 14.9 Å². The van der Waals surface area contributed by atoms with Crippen molar-refractivity contribution in [3.8, 4) is 22.9 Å². The van der Waals surface area contributed by atoms with Crippen LogP contribution in [0.15, 0.2) is 46.4 Å². The maximum Gasteiger partial charge on any atom is 0.292 e. The Bertz CT molecular complexity index is 1150. The van der Waals surface area contributed by atoms with Crippen LogP contribution in [-0.4, -0.2) is 33.3 Å².